The molecule has 5 N–H and O–H groups in total. The van der Waals surface area contributed by atoms with Crippen LogP contribution in [-0.4, -0.2) is 188 Å². The summed E-state index contributed by atoms with van der Waals surface area (Å²) < 4.78 is 85.9. The third kappa shape index (κ3) is 15.5. The fourth-order valence-corrected chi connectivity index (χ4v) is 18.4. The molecule has 7 amide bonds. The number of aromatic amines is 2. The van der Waals surface area contributed by atoms with E-state index in [0.29, 0.717) is 125 Å². The highest BCUT2D eigenvalue weighted by atomic mass is 32.2. The molecule has 4 saturated heterocycles. The molecule has 4 aliphatic carbocycles. The number of alkyl halides is 4. The van der Waals surface area contributed by atoms with E-state index in [9.17, 15) is 33.6 Å². The van der Waals surface area contributed by atoms with E-state index in [1.54, 1.807) is 88.8 Å². The number of nitrogens with zero attached hydrogens (tertiary/aromatic N) is 8. The van der Waals surface area contributed by atoms with E-state index in [0.717, 1.165) is 80.4 Å². The second-order valence-corrected chi connectivity index (χ2v) is 35.0. The first-order chi connectivity index (χ1) is 54.8. The maximum absolute atomic E-state index is 16.5. The summed E-state index contributed by atoms with van der Waals surface area (Å²) >= 11 is 1.58. The summed E-state index contributed by atoms with van der Waals surface area (Å²) in [5.41, 5.74) is 7.94. The second-order valence-electron chi connectivity index (χ2n) is 34.0. The second kappa shape index (κ2) is 31.0. The lowest BCUT2D eigenvalue weighted by Crippen LogP contribution is -2.53. The number of halogens is 4. The number of benzene rings is 4. The average Bonchev–Trinajstić information content (AvgIpc) is 1.59. The Hall–Kier alpha value is -10.3. The number of allylic oxidation sites excluding steroid dienone is 2. The van der Waals surface area contributed by atoms with Gasteiger partial charge >= 0.3 is 24.4 Å². The molecule has 1 unspecified atom stereocenters. The molecule has 16 rings (SSSR count). The van der Waals surface area contributed by atoms with Crippen molar-refractivity contribution in [1.29, 1.82) is 0 Å². The number of amides is 7. The summed E-state index contributed by atoms with van der Waals surface area (Å²) in [5, 5.41) is 8.10. The van der Waals surface area contributed by atoms with Gasteiger partial charge in [0.1, 0.15) is 35.4 Å². The number of alkyl carbamates (subject to hydrolysis) is 3. The van der Waals surface area contributed by atoms with Gasteiger partial charge in [-0.25, -0.2) is 29.1 Å². The molecule has 0 radical (unpaired) electrons. The Morgan fingerprint density at radius 1 is 0.539 bits per heavy atom. The number of methoxy groups -OCH3 is 3. The molecule has 29 heteroatoms. The van der Waals surface area contributed by atoms with Gasteiger partial charge < -0.3 is 59.6 Å². The molecule has 6 aliphatic heterocycles. The summed E-state index contributed by atoms with van der Waals surface area (Å²) in [7, 11) is 3.81. The Morgan fingerprint density at radius 3 is 1.32 bits per heavy atom. The van der Waals surface area contributed by atoms with Gasteiger partial charge in [-0.2, -0.15) is 29.3 Å². The number of rotatable bonds is 19. The molecule has 6 fully saturated rings. The molecule has 10 aliphatic rings. The van der Waals surface area contributed by atoms with Gasteiger partial charge in [-0.1, -0.05) is 76.2 Å². The number of nitrogens with one attached hydrogen (secondary N) is 5. The van der Waals surface area contributed by atoms with Gasteiger partial charge in [0, 0.05) is 96.2 Å². The Balaban J connectivity index is 0.000000182. The van der Waals surface area contributed by atoms with Crippen molar-refractivity contribution in [1.82, 2.24) is 55.5 Å². The zero-order valence-corrected chi connectivity index (χ0v) is 67.5. The molecule has 2 spiro atoms. The number of thioether (sulfide) groups is 1. The first-order valence-electron chi connectivity index (χ1n) is 39.7. The first-order valence-corrected chi connectivity index (χ1v) is 41.1. The van der Waals surface area contributed by atoms with Crippen LogP contribution in [0.2, 0.25) is 0 Å². The normalized spacial score (nSPS) is 22.0. The molecule has 8 heterocycles. The monoisotopic (exact) mass is 1600 g/mol. The number of aromatic nitrogens is 4. The summed E-state index contributed by atoms with van der Waals surface area (Å²) in [6.45, 7) is 15.3. The van der Waals surface area contributed by atoms with E-state index in [1.807, 2.05) is 82.7 Å². The van der Waals surface area contributed by atoms with E-state index >= 15 is 17.6 Å². The minimum Gasteiger partial charge on any atom is -0.453 e. The predicted molar refractivity (Wildman–Crippen MR) is 428 cm³/mol. The number of hydrogen-bond donors (Lipinski definition) is 5. The van der Waals surface area contributed by atoms with Crippen molar-refractivity contribution in [3.63, 3.8) is 0 Å². The Labute approximate surface area is 669 Å². The summed E-state index contributed by atoms with van der Waals surface area (Å²) in [6, 6.07) is 17.1. The highest BCUT2D eigenvalue weighted by Gasteiger charge is 2.58. The number of aliphatic imine (C=N–C) groups is 2. The van der Waals surface area contributed by atoms with E-state index in [4.69, 9.17) is 28.9 Å². The van der Waals surface area contributed by atoms with E-state index < -0.39 is 59.9 Å². The van der Waals surface area contributed by atoms with Crippen LogP contribution in [0.15, 0.2) is 108 Å². The number of H-pyrrole nitrogens is 2. The lowest BCUT2D eigenvalue weighted by atomic mass is 9.93. The lowest BCUT2D eigenvalue weighted by Gasteiger charge is -2.31. The van der Waals surface area contributed by atoms with Gasteiger partial charge in [0.2, 0.25) is 17.7 Å². The zero-order valence-electron chi connectivity index (χ0n) is 66.7. The highest BCUT2D eigenvalue weighted by Crippen LogP contribution is 2.59. The van der Waals surface area contributed by atoms with Crippen molar-refractivity contribution >= 4 is 76.4 Å². The van der Waals surface area contributed by atoms with Crippen LogP contribution < -0.4 is 16.0 Å². The third-order valence-electron chi connectivity index (χ3n) is 24.6. The van der Waals surface area contributed by atoms with Crippen LogP contribution in [0.5, 0.6) is 0 Å². The summed E-state index contributed by atoms with van der Waals surface area (Å²) in [6.07, 6.45) is 16.2. The van der Waals surface area contributed by atoms with Crippen molar-refractivity contribution in [2.24, 2.45) is 32.7 Å². The zero-order chi connectivity index (χ0) is 81.5. The molecule has 608 valence electrons. The quantitative estimate of drug-likeness (QED) is 0.0372. The highest BCUT2D eigenvalue weighted by molar-refractivity contribution is 7.98. The molecule has 7 atom stereocenters. The van der Waals surface area contributed by atoms with Crippen LogP contribution in [-0.2, 0) is 45.2 Å². The largest absolute Gasteiger partial charge is 0.453 e. The number of ether oxygens (including phenoxy) is 4. The van der Waals surface area contributed by atoms with Crippen molar-refractivity contribution in [2.45, 2.75) is 192 Å². The molecule has 4 aromatic carbocycles. The van der Waals surface area contributed by atoms with Crippen molar-refractivity contribution in [2.75, 3.05) is 59.5 Å². The smallest absolute Gasteiger partial charge is 0.410 e. The van der Waals surface area contributed by atoms with Crippen molar-refractivity contribution < 1.29 is 70.1 Å². The number of likely N-dealkylation sites (tertiary alicyclic amines) is 4. The molecule has 2 saturated carbocycles. The third-order valence-corrected chi connectivity index (χ3v) is 25.2. The lowest BCUT2D eigenvalue weighted by molar-refractivity contribution is -0.135. The van der Waals surface area contributed by atoms with Gasteiger partial charge in [0.15, 0.2) is 0 Å². The Bertz CT molecular complexity index is 5010. The Kier molecular flexibility index (Phi) is 21.6. The van der Waals surface area contributed by atoms with E-state index in [1.165, 1.54) is 33.5 Å². The van der Waals surface area contributed by atoms with Crippen molar-refractivity contribution in [3.05, 3.63) is 143 Å². The van der Waals surface area contributed by atoms with Crippen LogP contribution in [0.4, 0.5) is 36.7 Å². The topological polar surface area (TPSA) is 288 Å². The van der Waals surface area contributed by atoms with Gasteiger partial charge in [-0.05, 0) is 195 Å². The fourth-order valence-electron chi connectivity index (χ4n) is 17.9. The number of carbonyl (C=O) groups excluding carboxylic acids is 7. The standard InChI is InChI=1S/C44H51F2N7O6S.C42H48F2N6O5/c1-24(2)37(51-42(57)59-4)40(55)53-23-43(13-14-43)20-36(53)33-19-27(21-47-33)25-8-10-28-29-11-9-26(18-31(29)44(45,46)30(28)17-25)34-22-48-38(49-34)35-7-6-15-52(35)39(54)32(12-16-60-5)50-41(56)58-3;1-23(2)35(48-38(52)54-6)37(51)50-22-41(13-14-41)19-34(50)31-18-26(20-45-31)24-9-11-27-28-12-10-25(17-30(28)42(43,44)29(27)16-24)32-21-46-36(47-32)33-8-7-15-49(33)39(53)55-40(3,4)5/h8-11,17-18,21-22,24,32,35-37H,6-7,12-16,19-20,23H2,1-5H3,(H,48,49)(H,50,56)(H,51,57);9-12,16-17,20-21,23,33-35H,7-8,13-15,18-19,22H2,1-6H3,(H,46,47)(H,48,52)/t32?,35-,36-,37-;33-,34-,35-/m00/s1. The maximum Gasteiger partial charge on any atom is 0.410 e. The number of imidazole rings is 2. The van der Waals surface area contributed by atoms with Gasteiger partial charge in [-0.3, -0.25) is 29.3 Å². The SMILES string of the molecule is COC(=O)NC(CCSC)C(=O)N1CCC[C@H]1c1ncc(-c2ccc3c(c2)C(F)(F)c2cc(C4=CN=C([C@@H]5CC6(CC6)CN5C(=O)[C@@H](NC(=O)OC)C(C)C)C4)ccc2-3)[nH]1.COC(=O)N[C@H](C(=O)N1CC2(CC2)C[C@H]1C1=NC=C(c2ccc3c(c2)C(F)(F)c2cc(-c4cnc([C@@H]5CCCN5C(=O)OC(C)(C)C)[nH]4)ccc2-3)C1)C(C)C. The van der Waals surface area contributed by atoms with Crippen LogP contribution in [0.1, 0.15) is 189 Å². The molecule has 115 heavy (non-hydrogen) atoms. The van der Waals surface area contributed by atoms with Crippen LogP contribution in [0, 0.1) is 22.7 Å². The van der Waals surface area contributed by atoms with Crippen LogP contribution >= 0.6 is 11.8 Å². The first kappa shape index (κ1) is 79.9. The maximum atomic E-state index is 16.5. The molecule has 24 nitrogen and oxygen atoms in total. The Morgan fingerprint density at radius 2 is 0.930 bits per heavy atom. The number of fused-ring (bicyclic) bond motifs is 6. The predicted octanol–water partition coefficient (Wildman–Crippen LogP) is 15.5. The molecular formula is C86H99F4N13O11S. The number of carbonyl (C=O) groups is 7. The molecule has 0 bridgehead atoms. The van der Waals surface area contributed by atoms with E-state index in [2.05, 4.69) is 35.9 Å². The summed E-state index contributed by atoms with van der Waals surface area (Å²) in [5.74, 6) is -5.55. The molecular weight excluding hydrogens is 1500 g/mol. The van der Waals surface area contributed by atoms with Crippen LogP contribution in [0.25, 0.3) is 55.9 Å². The minimum absolute atomic E-state index is 0.0493. The van der Waals surface area contributed by atoms with Gasteiger partial charge in [0.25, 0.3) is 11.8 Å². The van der Waals surface area contributed by atoms with Gasteiger partial charge in [0.05, 0.1) is 69.3 Å². The average molecular weight is 1600 g/mol. The summed E-state index contributed by atoms with van der Waals surface area (Å²) in [4.78, 5) is 123. The number of hydrogen-bond acceptors (Lipinski definition) is 16. The molecule has 6 aromatic rings. The molecule has 2 aromatic heterocycles. The van der Waals surface area contributed by atoms with E-state index in [-0.39, 0.29) is 86.8 Å². The fraction of sp³-hybridized carbons (Fsp3) is 0.500. The minimum atomic E-state index is -3.28. The van der Waals surface area contributed by atoms with Gasteiger partial charge in [-0.15, -0.1) is 0 Å². The van der Waals surface area contributed by atoms with Crippen LogP contribution in [0.3, 0.4) is 0 Å². The van der Waals surface area contributed by atoms with Crippen molar-refractivity contribution in [3.8, 4) is 44.8 Å².